The molecule has 0 fully saturated rings. The van der Waals surface area contributed by atoms with Gasteiger partial charge in [0.2, 0.25) is 11.8 Å². The molecular formula is C14H24N6O3. The molecule has 1 heterocycles. The Morgan fingerprint density at radius 2 is 1.96 bits per heavy atom. The van der Waals surface area contributed by atoms with E-state index in [0.717, 1.165) is 0 Å². The molecule has 3 amide bonds. The molecule has 0 radical (unpaired) electrons. The minimum absolute atomic E-state index is 0.0910. The predicted octanol–water partition coefficient (Wildman–Crippen LogP) is -1.41. The van der Waals surface area contributed by atoms with Crippen molar-refractivity contribution in [2.45, 2.75) is 32.6 Å². The van der Waals surface area contributed by atoms with Crippen molar-refractivity contribution in [3.8, 4) is 0 Å². The first kappa shape index (κ1) is 18.7. The van der Waals surface area contributed by atoms with E-state index in [1.54, 1.807) is 32.2 Å². The van der Waals surface area contributed by atoms with Gasteiger partial charge in [-0.1, -0.05) is 13.8 Å². The van der Waals surface area contributed by atoms with Crippen LogP contribution in [0.25, 0.3) is 0 Å². The Bertz CT molecular complexity index is 529. The summed E-state index contributed by atoms with van der Waals surface area (Å²) in [4.78, 5) is 37.4. The molecule has 0 aliphatic carbocycles. The lowest BCUT2D eigenvalue weighted by molar-refractivity contribution is -0.128. The highest BCUT2D eigenvalue weighted by atomic mass is 16.2. The van der Waals surface area contributed by atoms with E-state index >= 15 is 0 Å². The predicted molar refractivity (Wildman–Crippen MR) is 84.8 cm³/mol. The third kappa shape index (κ3) is 6.49. The number of carbonyl (C=O) groups excluding carboxylic acids is 3. The number of aromatic amines is 1. The second kappa shape index (κ2) is 8.91. The molecule has 23 heavy (non-hydrogen) atoms. The van der Waals surface area contributed by atoms with Crippen LogP contribution >= 0.6 is 0 Å². The maximum atomic E-state index is 11.8. The minimum Gasteiger partial charge on any atom is -0.368 e. The molecule has 0 spiro atoms. The first-order chi connectivity index (χ1) is 10.8. The number of nitrogens with one attached hydrogen (secondary N) is 4. The van der Waals surface area contributed by atoms with E-state index in [9.17, 15) is 14.4 Å². The summed E-state index contributed by atoms with van der Waals surface area (Å²) in [5.74, 6) is -1.34. The van der Waals surface area contributed by atoms with Gasteiger partial charge >= 0.3 is 0 Å². The molecule has 8 N–H and O–H groups in total. The summed E-state index contributed by atoms with van der Waals surface area (Å²) >= 11 is 0. The summed E-state index contributed by atoms with van der Waals surface area (Å²) in [6.07, 6.45) is 0.931. The average molecular weight is 324 g/mol. The van der Waals surface area contributed by atoms with E-state index < -0.39 is 18.2 Å². The van der Waals surface area contributed by atoms with Crippen molar-refractivity contribution in [1.29, 1.82) is 0 Å². The van der Waals surface area contributed by atoms with Crippen LogP contribution in [0, 0.1) is 5.92 Å². The van der Waals surface area contributed by atoms with Crippen molar-refractivity contribution in [2.75, 3.05) is 6.54 Å². The second-order valence-corrected chi connectivity index (χ2v) is 5.43. The van der Waals surface area contributed by atoms with Crippen LogP contribution in [-0.2, 0) is 9.59 Å². The monoisotopic (exact) mass is 324 g/mol. The van der Waals surface area contributed by atoms with Gasteiger partial charge in [0, 0.05) is 19.2 Å². The summed E-state index contributed by atoms with van der Waals surface area (Å²) < 4.78 is 0. The van der Waals surface area contributed by atoms with Gasteiger partial charge in [0.25, 0.3) is 5.91 Å². The Labute approximate surface area is 134 Å². The lowest BCUT2D eigenvalue weighted by Crippen LogP contribution is -2.53. The molecule has 0 bridgehead atoms. The van der Waals surface area contributed by atoms with Gasteiger partial charge < -0.3 is 21.4 Å². The van der Waals surface area contributed by atoms with Gasteiger partial charge in [-0.05, 0) is 18.1 Å². The van der Waals surface area contributed by atoms with Gasteiger partial charge in [0.15, 0.2) is 0 Å². The molecule has 9 nitrogen and oxygen atoms in total. The molecule has 0 aliphatic rings. The van der Waals surface area contributed by atoms with Crippen molar-refractivity contribution < 1.29 is 14.4 Å². The standard InChI is InChI=1S/C14H24N6O3/c1-8(2)11(12(15)22)19-10(21)5-7-18-14(16)20-13(23)9-4-3-6-17-9/h3-4,6,8,11,14,17-18H,5,7,16H2,1-2H3,(H2,15,22)(H,19,21)(H,20,23). The highest BCUT2D eigenvalue weighted by Gasteiger charge is 2.21. The van der Waals surface area contributed by atoms with Gasteiger partial charge in [-0.15, -0.1) is 0 Å². The zero-order valence-corrected chi connectivity index (χ0v) is 13.3. The number of carbonyl (C=O) groups is 3. The Hall–Kier alpha value is -2.39. The van der Waals surface area contributed by atoms with Gasteiger partial charge in [-0.25, -0.2) is 0 Å². The molecule has 2 atom stereocenters. The molecule has 1 aromatic heterocycles. The summed E-state index contributed by atoms with van der Waals surface area (Å²) in [7, 11) is 0. The molecular weight excluding hydrogens is 300 g/mol. The fourth-order valence-corrected chi connectivity index (χ4v) is 1.89. The summed E-state index contributed by atoms with van der Waals surface area (Å²) in [6.45, 7) is 3.82. The molecule has 0 saturated heterocycles. The maximum absolute atomic E-state index is 11.8. The first-order valence-electron chi connectivity index (χ1n) is 7.33. The van der Waals surface area contributed by atoms with Crippen molar-refractivity contribution in [3.63, 3.8) is 0 Å². The number of amides is 3. The van der Waals surface area contributed by atoms with E-state index in [2.05, 4.69) is 20.9 Å². The quantitative estimate of drug-likeness (QED) is 0.308. The minimum atomic E-state index is -0.796. The molecule has 0 aliphatic heterocycles. The Kier molecular flexibility index (Phi) is 7.23. The lowest BCUT2D eigenvalue weighted by atomic mass is 10.0. The van der Waals surface area contributed by atoms with Gasteiger partial charge in [0.1, 0.15) is 18.0 Å². The van der Waals surface area contributed by atoms with Crippen molar-refractivity contribution in [3.05, 3.63) is 24.0 Å². The van der Waals surface area contributed by atoms with Crippen LogP contribution in [-0.4, -0.2) is 41.6 Å². The zero-order chi connectivity index (χ0) is 17.4. The third-order valence-corrected chi connectivity index (χ3v) is 3.14. The highest BCUT2D eigenvalue weighted by Crippen LogP contribution is 2.00. The van der Waals surface area contributed by atoms with Crippen LogP contribution in [0.15, 0.2) is 18.3 Å². The van der Waals surface area contributed by atoms with Crippen LogP contribution in [0.1, 0.15) is 30.8 Å². The number of aromatic nitrogens is 1. The molecule has 0 saturated carbocycles. The summed E-state index contributed by atoms with van der Waals surface area (Å²) in [6, 6.07) is 2.61. The zero-order valence-electron chi connectivity index (χ0n) is 13.3. The van der Waals surface area contributed by atoms with Crippen molar-refractivity contribution in [1.82, 2.24) is 20.9 Å². The van der Waals surface area contributed by atoms with Gasteiger partial charge in [-0.3, -0.25) is 25.4 Å². The Balaban J connectivity index is 2.28. The number of H-pyrrole nitrogens is 1. The number of hydrogen-bond donors (Lipinski definition) is 6. The first-order valence-corrected chi connectivity index (χ1v) is 7.33. The molecule has 9 heteroatoms. The smallest absolute Gasteiger partial charge is 0.269 e. The van der Waals surface area contributed by atoms with Crippen LogP contribution in [0.3, 0.4) is 0 Å². The van der Waals surface area contributed by atoms with Crippen LogP contribution in [0.4, 0.5) is 0 Å². The fraction of sp³-hybridized carbons (Fsp3) is 0.500. The number of rotatable bonds is 9. The third-order valence-electron chi connectivity index (χ3n) is 3.14. The fourth-order valence-electron chi connectivity index (χ4n) is 1.89. The van der Waals surface area contributed by atoms with Gasteiger partial charge in [0.05, 0.1) is 0 Å². The molecule has 2 unspecified atom stereocenters. The highest BCUT2D eigenvalue weighted by molar-refractivity contribution is 5.92. The van der Waals surface area contributed by atoms with Gasteiger partial charge in [-0.2, -0.15) is 0 Å². The number of hydrogen-bond acceptors (Lipinski definition) is 5. The van der Waals surface area contributed by atoms with Crippen molar-refractivity contribution >= 4 is 17.7 Å². The Morgan fingerprint density at radius 3 is 2.48 bits per heavy atom. The number of primary amides is 1. The lowest BCUT2D eigenvalue weighted by Gasteiger charge is -2.19. The normalized spacial score (nSPS) is 13.4. The molecule has 0 aromatic carbocycles. The van der Waals surface area contributed by atoms with Crippen molar-refractivity contribution in [2.24, 2.45) is 17.4 Å². The van der Waals surface area contributed by atoms with Crippen LogP contribution in [0.2, 0.25) is 0 Å². The average Bonchev–Trinajstić information content (AvgIpc) is 2.98. The van der Waals surface area contributed by atoms with Crippen LogP contribution < -0.4 is 27.4 Å². The van der Waals surface area contributed by atoms with E-state index in [4.69, 9.17) is 11.5 Å². The molecule has 1 rings (SSSR count). The SMILES string of the molecule is CC(C)C(NC(=O)CCNC(N)NC(=O)c1ccc[nH]1)C(N)=O. The van der Waals surface area contributed by atoms with E-state index in [1.807, 2.05) is 0 Å². The largest absolute Gasteiger partial charge is 0.368 e. The summed E-state index contributed by atoms with van der Waals surface area (Å²) in [5.41, 5.74) is 11.3. The Morgan fingerprint density at radius 1 is 1.26 bits per heavy atom. The maximum Gasteiger partial charge on any atom is 0.269 e. The summed E-state index contributed by atoms with van der Waals surface area (Å²) in [5, 5.41) is 7.88. The van der Waals surface area contributed by atoms with E-state index in [1.165, 1.54) is 0 Å². The van der Waals surface area contributed by atoms with E-state index in [-0.39, 0.29) is 30.7 Å². The number of nitrogens with two attached hydrogens (primary N) is 2. The van der Waals surface area contributed by atoms with Crippen LogP contribution in [0.5, 0.6) is 0 Å². The second-order valence-electron chi connectivity index (χ2n) is 5.43. The molecule has 1 aromatic rings. The topological polar surface area (TPSA) is 155 Å². The van der Waals surface area contributed by atoms with E-state index in [0.29, 0.717) is 5.69 Å². The molecule has 128 valence electrons.